The highest BCUT2D eigenvalue weighted by atomic mass is 35.5. The first-order valence-corrected chi connectivity index (χ1v) is 9.47. The molecule has 0 spiro atoms. The molecule has 0 radical (unpaired) electrons. The van der Waals surface area contributed by atoms with Crippen molar-refractivity contribution < 1.29 is 23.8 Å². The van der Waals surface area contributed by atoms with Crippen LogP contribution >= 0.6 is 11.6 Å². The Bertz CT molecular complexity index is 872. The van der Waals surface area contributed by atoms with Crippen LogP contribution in [0.2, 0.25) is 5.02 Å². The number of nitrogens with zero attached hydrogens (tertiary/aromatic N) is 1. The number of ether oxygens (including phenoxy) is 3. The molecule has 0 aliphatic heterocycles. The number of rotatable bonds is 9. The van der Waals surface area contributed by atoms with Gasteiger partial charge in [-0.3, -0.25) is 9.59 Å². The number of likely N-dealkylation sites (N-methyl/N-ethyl adjacent to an activating group) is 1. The standard InChI is InChI=1S/C21H25ClN2O5/c1-5-9-29-20-17(22)10-14(11-18(20)28-4)21(26)24(2)13-19(25)23-15-7-6-8-16(12-15)27-3/h6-8,10-12H,5,9,13H2,1-4H3,(H,23,25). The number of hydrogen-bond acceptors (Lipinski definition) is 5. The Morgan fingerprint density at radius 2 is 1.90 bits per heavy atom. The molecule has 29 heavy (non-hydrogen) atoms. The van der Waals surface area contributed by atoms with Crippen LogP contribution in [0, 0.1) is 0 Å². The Morgan fingerprint density at radius 3 is 2.55 bits per heavy atom. The molecule has 1 N–H and O–H groups in total. The van der Waals surface area contributed by atoms with E-state index in [4.69, 9.17) is 25.8 Å². The van der Waals surface area contributed by atoms with Gasteiger partial charge in [-0.2, -0.15) is 0 Å². The summed E-state index contributed by atoms with van der Waals surface area (Å²) in [6.07, 6.45) is 0.811. The van der Waals surface area contributed by atoms with Gasteiger partial charge in [0.05, 0.1) is 32.4 Å². The number of carbonyl (C=O) groups excluding carboxylic acids is 2. The third-order valence-corrected chi connectivity index (χ3v) is 4.29. The van der Waals surface area contributed by atoms with Crippen LogP contribution in [0.5, 0.6) is 17.2 Å². The summed E-state index contributed by atoms with van der Waals surface area (Å²) in [5, 5.41) is 3.01. The fourth-order valence-electron chi connectivity index (χ4n) is 2.60. The number of benzene rings is 2. The minimum absolute atomic E-state index is 0.135. The number of amides is 2. The molecule has 2 aromatic carbocycles. The lowest BCUT2D eigenvalue weighted by atomic mass is 10.1. The zero-order valence-corrected chi connectivity index (χ0v) is 17.7. The topological polar surface area (TPSA) is 77.1 Å². The zero-order valence-electron chi connectivity index (χ0n) is 17.0. The van der Waals surface area contributed by atoms with Crippen molar-refractivity contribution >= 4 is 29.1 Å². The fourth-order valence-corrected chi connectivity index (χ4v) is 2.86. The van der Waals surface area contributed by atoms with Crippen molar-refractivity contribution in [3.63, 3.8) is 0 Å². The molecule has 0 bridgehead atoms. The molecule has 0 aliphatic carbocycles. The van der Waals surface area contributed by atoms with Crippen molar-refractivity contribution in [2.45, 2.75) is 13.3 Å². The minimum Gasteiger partial charge on any atom is -0.497 e. The van der Waals surface area contributed by atoms with Gasteiger partial charge >= 0.3 is 0 Å². The van der Waals surface area contributed by atoms with Crippen LogP contribution in [0.25, 0.3) is 0 Å². The number of carbonyl (C=O) groups is 2. The average molecular weight is 421 g/mol. The maximum atomic E-state index is 12.7. The van der Waals surface area contributed by atoms with Gasteiger partial charge in [-0.05, 0) is 30.7 Å². The van der Waals surface area contributed by atoms with E-state index in [1.165, 1.54) is 25.1 Å². The van der Waals surface area contributed by atoms with E-state index in [1.807, 2.05) is 6.92 Å². The summed E-state index contributed by atoms with van der Waals surface area (Å²) in [7, 11) is 4.56. The normalized spacial score (nSPS) is 10.2. The molecule has 0 heterocycles. The van der Waals surface area contributed by atoms with Crippen LogP contribution in [0.4, 0.5) is 5.69 Å². The molecule has 156 valence electrons. The second-order valence-corrected chi connectivity index (χ2v) is 6.69. The second kappa shape index (κ2) is 10.6. The summed E-state index contributed by atoms with van der Waals surface area (Å²) < 4.78 is 16.0. The van der Waals surface area contributed by atoms with Crippen LogP contribution < -0.4 is 19.5 Å². The number of halogens is 1. The van der Waals surface area contributed by atoms with Crippen molar-refractivity contribution in [1.29, 1.82) is 0 Å². The van der Waals surface area contributed by atoms with E-state index in [0.29, 0.717) is 35.1 Å². The van der Waals surface area contributed by atoms with Crippen molar-refractivity contribution in [3.8, 4) is 17.2 Å². The van der Waals surface area contributed by atoms with E-state index in [0.717, 1.165) is 6.42 Å². The van der Waals surface area contributed by atoms with Crippen LogP contribution in [-0.2, 0) is 4.79 Å². The predicted molar refractivity (Wildman–Crippen MR) is 112 cm³/mol. The number of nitrogens with one attached hydrogen (secondary N) is 1. The monoisotopic (exact) mass is 420 g/mol. The van der Waals surface area contributed by atoms with E-state index in [9.17, 15) is 9.59 Å². The van der Waals surface area contributed by atoms with Gasteiger partial charge in [-0.25, -0.2) is 0 Å². The van der Waals surface area contributed by atoms with Crippen molar-refractivity contribution in [3.05, 3.63) is 47.0 Å². The molecule has 0 aliphatic rings. The number of anilines is 1. The molecule has 0 atom stereocenters. The summed E-state index contributed by atoms with van der Waals surface area (Å²) in [5.74, 6) is 0.678. The first-order chi connectivity index (χ1) is 13.9. The summed E-state index contributed by atoms with van der Waals surface area (Å²) >= 11 is 6.27. The van der Waals surface area contributed by atoms with Crippen LogP contribution in [0.1, 0.15) is 23.7 Å². The maximum absolute atomic E-state index is 12.7. The maximum Gasteiger partial charge on any atom is 0.254 e. The summed E-state index contributed by atoms with van der Waals surface area (Å²) in [6, 6.07) is 10.0. The molecule has 0 aromatic heterocycles. The van der Waals surface area contributed by atoms with Crippen molar-refractivity contribution in [2.24, 2.45) is 0 Å². The average Bonchev–Trinajstić information content (AvgIpc) is 2.71. The predicted octanol–water partition coefficient (Wildman–Crippen LogP) is 3.86. The third kappa shape index (κ3) is 6.02. The van der Waals surface area contributed by atoms with Gasteiger partial charge in [0, 0.05) is 24.4 Å². The SMILES string of the molecule is CCCOc1c(Cl)cc(C(=O)N(C)CC(=O)Nc2cccc(OC)c2)cc1OC. The summed E-state index contributed by atoms with van der Waals surface area (Å²) in [6.45, 7) is 2.32. The fraction of sp³-hybridized carbons (Fsp3) is 0.333. The summed E-state index contributed by atoms with van der Waals surface area (Å²) in [4.78, 5) is 26.4. The molecular formula is C21H25ClN2O5. The van der Waals surface area contributed by atoms with Gasteiger partial charge in [-0.1, -0.05) is 24.6 Å². The Morgan fingerprint density at radius 1 is 1.14 bits per heavy atom. The van der Waals surface area contributed by atoms with Gasteiger partial charge < -0.3 is 24.4 Å². The van der Waals surface area contributed by atoms with Crippen LogP contribution in [0.3, 0.4) is 0 Å². The molecule has 2 amide bonds. The van der Waals surface area contributed by atoms with Crippen molar-refractivity contribution in [1.82, 2.24) is 4.90 Å². The van der Waals surface area contributed by atoms with E-state index in [2.05, 4.69) is 5.32 Å². The van der Waals surface area contributed by atoms with Crippen LogP contribution in [-0.4, -0.2) is 51.1 Å². The minimum atomic E-state index is -0.368. The van der Waals surface area contributed by atoms with Crippen LogP contribution in [0.15, 0.2) is 36.4 Å². The number of hydrogen-bond donors (Lipinski definition) is 1. The van der Waals surface area contributed by atoms with E-state index >= 15 is 0 Å². The third-order valence-electron chi connectivity index (χ3n) is 4.01. The molecule has 0 saturated heterocycles. The van der Waals surface area contributed by atoms with E-state index in [-0.39, 0.29) is 23.4 Å². The molecule has 0 fully saturated rings. The van der Waals surface area contributed by atoms with Gasteiger partial charge in [0.2, 0.25) is 5.91 Å². The molecule has 0 saturated carbocycles. The lowest BCUT2D eigenvalue weighted by Gasteiger charge is -2.19. The molecular weight excluding hydrogens is 396 g/mol. The molecule has 2 aromatic rings. The lowest BCUT2D eigenvalue weighted by Crippen LogP contribution is -2.35. The Hall–Kier alpha value is -2.93. The Balaban J connectivity index is 2.08. The van der Waals surface area contributed by atoms with Gasteiger partial charge in [-0.15, -0.1) is 0 Å². The first-order valence-electron chi connectivity index (χ1n) is 9.09. The van der Waals surface area contributed by atoms with Crippen molar-refractivity contribution in [2.75, 3.05) is 39.7 Å². The highest BCUT2D eigenvalue weighted by Crippen LogP contribution is 2.36. The molecule has 2 rings (SSSR count). The first kappa shape index (κ1) is 22.4. The smallest absolute Gasteiger partial charge is 0.254 e. The molecule has 0 unspecified atom stereocenters. The molecule has 8 heteroatoms. The quantitative estimate of drug-likeness (QED) is 0.666. The van der Waals surface area contributed by atoms with Gasteiger partial charge in [0.25, 0.3) is 5.91 Å². The Labute approximate surface area is 175 Å². The largest absolute Gasteiger partial charge is 0.497 e. The van der Waals surface area contributed by atoms with Gasteiger partial charge in [0.1, 0.15) is 5.75 Å². The Kier molecular flexibility index (Phi) is 8.15. The molecule has 7 nitrogen and oxygen atoms in total. The second-order valence-electron chi connectivity index (χ2n) is 6.28. The lowest BCUT2D eigenvalue weighted by molar-refractivity contribution is -0.116. The highest BCUT2D eigenvalue weighted by molar-refractivity contribution is 6.32. The van der Waals surface area contributed by atoms with E-state index < -0.39 is 0 Å². The summed E-state index contributed by atoms with van der Waals surface area (Å²) in [5.41, 5.74) is 0.879. The zero-order chi connectivity index (χ0) is 21.4. The number of methoxy groups -OCH3 is 2. The van der Waals surface area contributed by atoms with E-state index in [1.54, 1.807) is 37.4 Å². The highest BCUT2D eigenvalue weighted by Gasteiger charge is 2.20. The van der Waals surface area contributed by atoms with Gasteiger partial charge in [0.15, 0.2) is 11.5 Å².